The van der Waals surface area contributed by atoms with Crippen molar-refractivity contribution in [1.82, 2.24) is 10.4 Å². The van der Waals surface area contributed by atoms with E-state index in [-0.39, 0.29) is 6.04 Å². The van der Waals surface area contributed by atoms with Gasteiger partial charge in [-0.05, 0) is 42.0 Å². The third-order valence-electron chi connectivity index (χ3n) is 3.45. The molecule has 0 aliphatic rings. The number of hydrogen-bond acceptors (Lipinski definition) is 3. The van der Waals surface area contributed by atoms with E-state index in [0.29, 0.717) is 5.92 Å². The summed E-state index contributed by atoms with van der Waals surface area (Å²) in [5.41, 5.74) is 7.57. The molecule has 0 aliphatic carbocycles. The molecule has 1 atom stereocenters. The summed E-state index contributed by atoms with van der Waals surface area (Å²) in [7, 11) is 0. The lowest BCUT2D eigenvalue weighted by atomic mass is 9.94. The van der Waals surface area contributed by atoms with E-state index < -0.39 is 0 Å². The standard InChI is InChI=1S/C17H23N3/c1-12(2)10-14-6-4-7-15(11-14)17(20-18)16-8-5-9-19-13(16)3/h4-9,11-12,17,20H,10,18H2,1-3H3. The summed E-state index contributed by atoms with van der Waals surface area (Å²) >= 11 is 0. The maximum atomic E-state index is 5.78. The van der Waals surface area contributed by atoms with Crippen LogP contribution in [0.3, 0.4) is 0 Å². The first kappa shape index (κ1) is 14.7. The summed E-state index contributed by atoms with van der Waals surface area (Å²) in [6.07, 6.45) is 2.89. The molecule has 1 heterocycles. The van der Waals surface area contributed by atoms with E-state index in [2.05, 4.69) is 54.6 Å². The molecule has 0 aliphatic heterocycles. The molecule has 106 valence electrons. The zero-order valence-corrected chi connectivity index (χ0v) is 12.4. The maximum Gasteiger partial charge on any atom is 0.0727 e. The highest BCUT2D eigenvalue weighted by atomic mass is 15.2. The van der Waals surface area contributed by atoms with E-state index in [9.17, 15) is 0 Å². The van der Waals surface area contributed by atoms with E-state index in [1.165, 1.54) is 11.1 Å². The fraction of sp³-hybridized carbons (Fsp3) is 0.353. The van der Waals surface area contributed by atoms with E-state index in [1.54, 1.807) is 0 Å². The molecule has 20 heavy (non-hydrogen) atoms. The van der Waals surface area contributed by atoms with Crippen LogP contribution in [0.2, 0.25) is 0 Å². The number of hydrazine groups is 1. The monoisotopic (exact) mass is 269 g/mol. The number of nitrogens with one attached hydrogen (secondary N) is 1. The zero-order chi connectivity index (χ0) is 14.5. The second-order valence-corrected chi connectivity index (χ2v) is 5.62. The number of rotatable bonds is 5. The van der Waals surface area contributed by atoms with Crippen molar-refractivity contribution in [1.29, 1.82) is 0 Å². The molecule has 3 heteroatoms. The van der Waals surface area contributed by atoms with Crippen LogP contribution in [0.1, 0.15) is 42.3 Å². The van der Waals surface area contributed by atoms with Crippen LogP contribution in [0.5, 0.6) is 0 Å². The Bertz CT molecular complexity index is 564. The van der Waals surface area contributed by atoms with Crippen LogP contribution in [0.4, 0.5) is 0 Å². The number of benzene rings is 1. The first-order valence-electron chi connectivity index (χ1n) is 7.08. The molecular formula is C17H23N3. The molecule has 3 nitrogen and oxygen atoms in total. The van der Waals surface area contributed by atoms with Gasteiger partial charge in [-0.15, -0.1) is 0 Å². The Balaban J connectivity index is 2.35. The highest BCUT2D eigenvalue weighted by Crippen LogP contribution is 2.24. The Labute approximate surface area is 121 Å². The maximum absolute atomic E-state index is 5.78. The first-order chi connectivity index (χ1) is 9.61. The minimum Gasteiger partial charge on any atom is -0.271 e. The van der Waals surface area contributed by atoms with Gasteiger partial charge in [0.05, 0.1) is 6.04 Å². The zero-order valence-electron chi connectivity index (χ0n) is 12.4. The number of hydrogen-bond donors (Lipinski definition) is 2. The fourth-order valence-corrected chi connectivity index (χ4v) is 2.54. The molecule has 0 spiro atoms. The molecular weight excluding hydrogens is 246 g/mol. The lowest BCUT2D eigenvalue weighted by Crippen LogP contribution is -2.29. The molecule has 0 amide bonds. The Morgan fingerprint density at radius 2 is 2.00 bits per heavy atom. The Morgan fingerprint density at radius 3 is 2.65 bits per heavy atom. The second kappa shape index (κ2) is 6.64. The van der Waals surface area contributed by atoms with Crippen molar-refractivity contribution in [2.75, 3.05) is 0 Å². The molecule has 1 aromatic carbocycles. The van der Waals surface area contributed by atoms with Crippen LogP contribution >= 0.6 is 0 Å². The van der Waals surface area contributed by atoms with Gasteiger partial charge in [0.2, 0.25) is 0 Å². The summed E-state index contributed by atoms with van der Waals surface area (Å²) in [6, 6.07) is 12.6. The number of aromatic nitrogens is 1. The highest BCUT2D eigenvalue weighted by Gasteiger charge is 2.15. The van der Waals surface area contributed by atoms with Gasteiger partial charge < -0.3 is 0 Å². The van der Waals surface area contributed by atoms with Crippen molar-refractivity contribution in [2.24, 2.45) is 11.8 Å². The summed E-state index contributed by atoms with van der Waals surface area (Å²) < 4.78 is 0. The Morgan fingerprint density at radius 1 is 1.20 bits per heavy atom. The predicted molar refractivity (Wildman–Crippen MR) is 83.1 cm³/mol. The van der Waals surface area contributed by atoms with Gasteiger partial charge in [-0.1, -0.05) is 44.2 Å². The molecule has 0 saturated carbocycles. The average molecular weight is 269 g/mol. The third-order valence-corrected chi connectivity index (χ3v) is 3.45. The summed E-state index contributed by atoms with van der Waals surface area (Å²) in [5, 5.41) is 0. The Kier molecular flexibility index (Phi) is 4.88. The molecule has 0 radical (unpaired) electrons. The molecule has 1 aromatic heterocycles. The largest absolute Gasteiger partial charge is 0.271 e. The molecule has 0 saturated heterocycles. The van der Waals surface area contributed by atoms with Gasteiger partial charge in [0, 0.05) is 11.9 Å². The number of pyridine rings is 1. The summed E-state index contributed by atoms with van der Waals surface area (Å²) in [5.74, 6) is 6.43. The predicted octanol–water partition coefficient (Wildman–Crippen LogP) is 3.14. The van der Waals surface area contributed by atoms with Gasteiger partial charge in [0.25, 0.3) is 0 Å². The fourth-order valence-electron chi connectivity index (χ4n) is 2.54. The van der Waals surface area contributed by atoms with Gasteiger partial charge >= 0.3 is 0 Å². The average Bonchev–Trinajstić information content (AvgIpc) is 2.41. The second-order valence-electron chi connectivity index (χ2n) is 5.62. The van der Waals surface area contributed by atoms with Crippen molar-refractivity contribution in [3.63, 3.8) is 0 Å². The van der Waals surface area contributed by atoms with E-state index in [4.69, 9.17) is 5.84 Å². The van der Waals surface area contributed by atoms with Crippen LogP contribution in [0.15, 0.2) is 42.6 Å². The summed E-state index contributed by atoms with van der Waals surface area (Å²) in [4.78, 5) is 4.35. The lowest BCUT2D eigenvalue weighted by molar-refractivity contribution is 0.623. The molecule has 0 bridgehead atoms. The highest BCUT2D eigenvalue weighted by molar-refractivity contribution is 5.35. The van der Waals surface area contributed by atoms with E-state index in [1.807, 2.05) is 19.2 Å². The van der Waals surface area contributed by atoms with Crippen molar-refractivity contribution < 1.29 is 0 Å². The van der Waals surface area contributed by atoms with Crippen LogP contribution in [0, 0.1) is 12.8 Å². The number of aryl methyl sites for hydroxylation is 1. The summed E-state index contributed by atoms with van der Waals surface area (Å²) in [6.45, 7) is 6.48. The van der Waals surface area contributed by atoms with E-state index >= 15 is 0 Å². The lowest BCUT2D eigenvalue weighted by Gasteiger charge is -2.19. The van der Waals surface area contributed by atoms with Crippen molar-refractivity contribution in [3.05, 3.63) is 65.0 Å². The smallest absolute Gasteiger partial charge is 0.0727 e. The number of nitrogens with zero attached hydrogens (tertiary/aromatic N) is 1. The molecule has 2 rings (SSSR count). The van der Waals surface area contributed by atoms with Crippen LogP contribution in [-0.2, 0) is 6.42 Å². The molecule has 0 fully saturated rings. The number of nitrogens with two attached hydrogens (primary N) is 1. The van der Waals surface area contributed by atoms with Crippen molar-refractivity contribution in [3.8, 4) is 0 Å². The minimum absolute atomic E-state index is 0.0178. The van der Waals surface area contributed by atoms with Crippen LogP contribution < -0.4 is 11.3 Å². The molecule has 2 aromatic rings. The van der Waals surface area contributed by atoms with Crippen molar-refractivity contribution in [2.45, 2.75) is 33.2 Å². The van der Waals surface area contributed by atoms with Gasteiger partial charge in [-0.25, -0.2) is 5.43 Å². The van der Waals surface area contributed by atoms with Gasteiger partial charge in [0.1, 0.15) is 0 Å². The van der Waals surface area contributed by atoms with E-state index in [0.717, 1.165) is 17.7 Å². The minimum atomic E-state index is -0.0178. The van der Waals surface area contributed by atoms with Gasteiger partial charge in [-0.2, -0.15) is 0 Å². The Hall–Kier alpha value is -1.71. The normalized spacial score (nSPS) is 12.7. The van der Waals surface area contributed by atoms with Gasteiger partial charge in [0.15, 0.2) is 0 Å². The SMILES string of the molecule is Cc1ncccc1C(NN)c1cccc(CC(C)C)c1. The van der Waals surface area contributed by atoms with Crippen LogP contribution in [0.25, 0.3) is 0 Å². The molecule has 1 unspecified atom stereocenters. The quantitative estimate of drug-likeness (QED) is 0.647. The molecule has 3 N–H and O–H groups in total. The van der Waals surface area contributed by atoms with Crippen LogP contribution in [-0.4, -0.2) is 4.98 Å². The van der Waals surface area contributed by atoms with Gasteiger partial charge in [-0.3, -0.25) is 10.8 Å². The topological polar surface area (TPSA) is 50.9 Å². The first-order valence-corrected chi connectivity index (χ1v) is 7.08. The third kappa shape index (κ3) is 3.44. The van der Waals surface area contributed by atoms with Crippen molar-refractivity contribution >= 4 is 0 Å².